The lowest BCUT2D eigenvalue weighted by Gasteiger charge is -2.13. The van der Waals surface area contributed by atoms with Gasteiger partial charge in [-0.2, -0.15) is 4.98 Å². The molecule has 7 heteroatoms. The zero-order valence-electron chi connectivity index (χ0n) is 9.63. The number of H-pyrrole nitrogens is 1. The number of aliphatic hydroxyl groups is 1. The third-order valence-corrected chi connectivity index (χ3v) is 3.25. The van der Waals surface area contributed by atoms with Gasteiger partial charge in [0.15, 0.2) is 11.2 Å². The number of hydrogen-bond acceptors (Lipinski definition) is 5. The molecule has 3 rings (SSSR count). The standard InChI is InChI=1S/C11H13N5O2/c1-5-2-6(17)3-7(5)16-4-13-8-9(16)14-11(12)15-10(8)18/h4,6-7,17H,1-3H2,(H3,12,14,15,18)/t6-,7+/m1/s1. The number of fused-ring (bicyclic) bond motifs is 1. The molecule has 7 nitrogen and oxygen atoms in total. The van der Waals surface area contributed by atoms with Crippen LogP contribution >= 0.6 is 0 Å². The lowest BCUT2D eigenvalue weighted by molar-refractivity contribution is 0.179. The average molecular weight is 247 g/mol. The Bertz CT molecular complexity index is 686. The summed E-state index contributed by atoms with van der Waals surface area (Å²) in [5.41, 5.74) is 6.75. The number of aromatic amines is 1. The molecular formula is C11H13N5O2. The van der Waals surface area contributed by atoms with E-state index in [2.05, 4.69) is 21.5 Å². The first-order valence-electron chi connectivity index (χ1n) is 5.64. The maximum absolute atomic E-state index is 11.7. The second-order valence-electron chi connectivity index (χ2n) is 4.54. The van der Waals surface area contributed by atoms with E-state index in [0.29, 0.717) is 18.5 Å². The summed E-state index contributed by atoms with van der Waals surface area (Å²) in [5.74, 6) is 0.0541. The lowest BCUT2D eigenvalue weighted by Crippen LogP contribution is -2.14. The molecule has 1 fully saturated rings. The zero-order chi connectivity index (χ0) is 12.9. The average Bonchev–Trinajstić information content (AvgIpc) is 2.82. The van der Waals surface area contributed by atoms with Crippen LogP contribution < -0.4 is 11.3 Å². The van der Waals surface area contributed by atoms with Crippen molar-refractivity contribution in [3.05, 3.63) is 28.8 Å². The van der Waals surface area contributed by atoms with E-state index in [1.807, 2.05) is 0 Å². The molecule has 2 atom stereocenters. The number of nitrogens with one attached hydrogen (secondary N) is 1. The fourth-order valence-electron chi connectivity index (χ4n) is 2.43. The highest BCUT2D eigenvalue weighted by Crippen LogP contribution is 2.35. The summed E-state index contributed by atoms with van der Waals surface area (Å²) in [6, 6.07) is -0.0845. The van der Waals surface area contributed by atoms with Crippen molar-refractivity contribution in [2.45, 2.75) is 25.0 Å². The van der Waals surface area contributed by atoms with E-state index >= 15 is 0 Å². The Morgan fingerprint density at radius 2 is 2.39 bits per heavy atom. The number of nitrogens with two attached hydrogens (primary N) is 1. The summed E-state index contributed by atoms with van der Waals surface area (Å²) in [6.07, 6.45) is 2.25. The van der Waals surface area contributed by atoms with Crippen molar-refractivity contribution in [3.8, 4) is 0 Å². The van der Waals surface area contributed by atoms with Gasteiger partial charge in [-0.05, 0) is 12.8 Å². The Morgan fingerprint density at radius 3 is 3.06 bits per heavy atom. The summed E-state index contributed by atoms with van der Waals surface area (Å²) in [6.45, 7) is 3.94. The maximum atomic E-state index is 11.7. The number of nitrogens with zero attached hydrogens (tertiary/aromatic N) is 3. The van der Waals surface area contributed by atoms with Crippen LogP contribution in [0.15, 0.2) is 23.3 Å². The topological polar surface area (TPSA) is 110 Å². The van der Waals surface area contributed by atoms with Gasteiger partial charge in [0.25, 0.3) is 5.56 Å². The number of nitrogen functional groups attached to an aromatic ring is 1. The quantitative estimate of drug-likeness (QED) is 0.612. The third kappa shape index (κ3) is 1.52. The third-order valence-electron chi connectivity index (χ3n) is 3.25. The summed E-state index contributed by atoms with van der Waals surface area (Å²) < 4.78 is 1.75. The number of aromatic nitrogens is 4. The van der Waals surface area contributed by atoms with Crippen molar-refractivity contribution in [1.29, 1.82) is 0 Å². The van der Waals surface area contributed by atoms with Gasteiger partial charge >= 0.3 is 0 Å². The molecule has 18 heavy (non-hydrogen) atoms. The highest BCUT2D eigenvalue weighted by Gasteiger charge is 2.29. The minimum Gasteiger partial charge on any atom is -0.393 e. The number of rotatable bonds is 1. The molecule has 2 aromatic heterocycles. The number of anilines is 1. The van der Waals surface area contributed by atoms with E-state index < -0.39 is 6.10 Å². The fraction of sp³-hybridized carbons (Fsp3) is 0.364. The van der Waals surface area contributed by atoms with Gasteiger partial charge in [0.05, 0.1) is 18.5 Å². The van der Waals surface area contributed by atoms with Crippen molar-refractivity contribution in [1.82, 2.24) is 19.5 Å². The Labute approximate surface area is 102 Å². The molecule has 0 amide bonds. The minimum atomic E-state index is -0.403. The van der Waals surface area contributed by atoms with Gasteiger partial charge in [0.1, 0.15) is 0 Å². The van der Waals surface area contributed by atoms with Crippen LogP contribution in [0.4, 0.5) is 5.95 Å². The van der Waals surface area contributed by atoms with Crippen LogP contribution in [0.2, 0.25) is 0 Å². The van der Waals surface area contributed by atoms with Crippen LogP contribution in [-0.2, 0) is 0 Å². The second-order valence-corrected chi connectivity index (χ2v) is 4.54. The second kappa shape index (κ2) is 3.67. The van der Waals surface area contributed by atoms with Gasteiger partial charge in [-0.1, -0.05) is 12.2 Å². The first-order chi connectivity index (χ1) is 8.56. The molecule has 0 aliphatic heterocycles. The van der Waals surface area contributed by atoms with E-state index in [1.54, 1.807) is 10.9 Å². The fourth-order valence-corrected chi connectivity index (χ4v) is 2.43. The highest BCUT2D eigenvalue weighted by molar-refractivity contribution is 5.70. The molecule has 1 saturated carbocycles. The van der Waals surface area contributed by atoms with Gasteiger partial charge in [-0.3, -0.25) is 9.78 Å². The van der Waals surface area contributed by atoms with Gasteiger partial charge in [0, 0.05) is 0 Å². The minimum absolute atomic E-state index is 0.0541. The maximum Gasteiger partial charge on any atom is 0.280 e. The normalized spacial score (nSPS) is 23.9. The van der Waals surface area contributed by atoms with E-state index in [1.165, 1.54) is 0 Å². The van der Waals surface area contributed by atoms with Gasteiger partial charge in [-0.25, -0.2) is 4.98 Å². The van der Waals surface area contributed by atoms with E-state index in [4.69, 9.17) is 5.73 Å². The molecule has 0 bridgehead atoms. The predicted molar refractivity (Wildman–Crippen MR) is 66.0 cm³/mol. The molecule has 4 N–H and O–H groups in total. The van der Waals surface area contributed by atoms with Crippen LogP contribution in [0, 0.1) is 0 Å². The molecule has 0 radical (unpaired) electrons. The van der Waals surface area contributed by atoms with E-state index in [-0.39, 0.29) is 23.1 Å². The molecule has 2 heterocycles. The Kier molecular flexibility index (Phi) is 2.24. The molecule has 1 aliphatic carbocycles. The molecule has 0 aromatic carbocycles. The molecule has 0 saturated heterocycles. The van der Waals surface area contributed by atoms with Crippen molar-refractivity contribution < 1.29 is 5.11 Å². The Balaban J connectivity index is 2.19. The van der Waals surface area contributed by atoms with Gasteiger partial charge in [-0.15, -0.1) is 0 Å². The Hall–Kier alpha value is -2.15. The summed E-state index contributed by atoms with van der Waals surface area (Å²) >= 11 is 0. The Morgan fingerprint density at radius 1 is 1.61 bits per heavy atom. The SMILES string of the molecule is C=C1C[C@@H](O)C[C@@H]1n1cnc2c(=O)[nH]c(N)nc21. The van der Waals surface area contributed by atoms with Crippen LogP contribution in [0.25, 0.3) is 11.2 Å². The summed E-state index contributed by atoms with van der Waals surface area (Å²) in [4.78, 5) is 22.2. The van der Waals surface area contributed by atoms with Crippen LogP contribution in [-0.4, -0.2) is 30.7 Å². The van der Waals surface area contributed by atoms with Gasteiger partial charge in [0.2, 0.25) is 5.95 Å². The molecule has 2 aromatic rings. The van der Waals surface area contributed by atoms with Crippen molar-refractivity contribution in [3.63, 3.8) is 0 Å². The molecule has 1 aliphatic rings. The predicted octanol–water partition coefficient (Wildman–Crippen LogP) is -0.0462. The van der Waals surface area contributed by atoms with E-state index in [0.717, 1.165) is 5.57 Å². The monoisotopic (exact) mass is 247 g/mol. The number of imidazole rings is 1. The number of aliphatic hydroxyl groups excluding tert-OH is 1. The summed E-state index contributed by atoms with van der Waals surface area (Å²) in [5, 5.41) is 9.64. The first kappa shape index (κ1) is 11.0. The van der Waals surface area contributed by atoms with Crippen molar-refractivity contribution >= 4 is 17.1 Å². The molecule has 94 valence electrons. The smallest absolute Gasteiger partial charge is 0.280 e. The first-order valence-corrected chi connectivity index (χ1v) is 5.64. The van der Waals surface area contributed by atoms with E-state index in [9.17, 15) is 9.90 Å². The summed E-state index contributed by atoms with van der Waals surface area (Å²) in [7, 11) is 0. The lowest BCUT2D eigenvalue weighted by atomic mass is 10.2. The van der Waals surface area contributed by atoms with Crippen molar-refractivity contribution in [2.24, 2.45) is 0 Å². The van der Waals surface area contributed by atoms with Crippen molar-refractivity contribution in [2.75, 3.05) is 5.73 Å². The molecule has 0 unspecified atom stereocenters. The van der Waals surface area contributed by atoms with Crippen LogP contribution in [0.1, 0.15) is 18.9 Å². The molecule has 0 spiro atoms. The van der Waals surface area contributed by atoms with Crippen LogP contribution in [0.5, 0.6) is 0 Å². The van der Waals surface area contributed by atoms with Crippen LogP contribution in [0.3, 0.4) is 0 Å². The largest absolute Gasteiger partial charge is 0.393 e. The highest BCUT2D eigenvalue weighted by atomic mass is 16.3. The zero-order valence-corrected chi connectivity index (χ0v) is 9.63. The number of hydrogen-bond donors (Lipinski definition) is 3. The molecular weight excluding hydrogens is 234 g/mol. The van der Waals surface area contributed by atoms with Gasteiger partial charge < -0.3 is 15.4 Å².